The molecule has 1 fully saturated rings. The van der Waals surface area contributed by atoms with E-state index >= 15 is 0 Å². The van der Waals surface area contributed by atoms with E-state index in [1.807, 2.05) is 11.9 Å². The van der Waals surface area contributed by atoms with Crippen molar-refractivity contribution < 1.29 is 0 Å². The summed E-state index contributed by atoms with van der Waals surface area (Å²) in [6.45, 7) is 0. The summed E-state index contributed by atoms with van der Waals surface area (Å²) in [6.07, 6.45) is 8.54. The van der Waals surface area contributed by atoms with Crippen LogP contribution in [0.2, 0.25) is 0 Å². The molecular formula is C10H17ClN4. The molecule has 0 aliphatic heterocycles. The predicted octanol–water partition coefficient (Wildman–Crippen LogP) is 2.47. The fourth-order valence-electron chi connectivity index (χ4n) is 2.02. The number of rotatable bonds is 3. The molecule has 0 unspecified atom stereocenters. The largest absolute Gasteiger partial charge is 0.355 e. The van der Waals surface area contributed by atoms with E-state index in [2.05, 4.69) is 4.99 Å². The van der Waals surface area contributed by atoms with Crippen LogP contribution in [0.1, 0.15) is 32.1 Å². The molecule has 0 aromatic rings. The fraction of sp³-hybridized carbons (Fsp3) is 0.700. The minimum Gasteiger partial charge on any atom is -0.355 e. The molecule has 4 nitrogen and oxygen atoms in total. The van der Waals surface area contributed by atoms with E-state index < -0.39 is 0 Å². The lowest BCUT2D eigenvalue weighted by atomic mass is 9.82. The minimum atomic E-state index is -0.224. The summed E-state index contributed by atoms with van der Waals surface area (Å²) in [5, 5.41) is 14.3. The molecule has 1 rings (SSSR count). The summed E-state index contributed by atoms with van der Waals surface area (Å²) >= 11 is 5.35. The van der Waals surface area contributed by atoms with E-state index in [1.54, 1.807) is 6.34 Å². The van der Waals surface area contributed by atoms with Crippen LogP contribution in [0.5, 0.6) is 0 Å². The van der Waals surface area contributed by atoms with Crippen molar-refractivity contribution in [1.29, 1.82) is 10.8 Å². The van der Waals surface area contributed by atoms with Gasteiger partial charge in [-0.2, -0.15) is 0 Å². The monoisotopic (exact) mass is 228 g/mol. The predicted molar refractivity (Wildman–Crippen MR) is 64.4 cm³/mol. The summed E-state index contributed by atoms with van der Waals surface area (Å²) in [5.74, 6) is 0. The highest BCUT2D eigenvalue weighted by Gasteiger charge is 2.32. The number of aliphatic imine (C=N–C) groups is 1. The lowest BCUT2D eigenvalue weighted by molar-refractivity contribution is 0.226. The summed E-state index contributed by atoms with van der Waals surface area (Å²) < 4.78 is 0. The Morgan fingerprint density at radius 3 is 2.47 bits per heavy atom. The lowest BCUT2D eigenvalue weighted by Gasteiger charge is -2.40. The molecule has 5 heteroatoms. The second-order valence-corrected chi connectivity index (χ2v) is 4.31. The zero-order chi connectivity index (χ0) is 11.3. The average Bonchev–Trinajstić information content (AvgIpc) is 2.26. The van der Waals surface area contributed by atoms with Gasteiger partial charge in [0.15, 0.2) is 0 Å². The first-order valence-electron chi connectivity index (χ1n) is 5.13. The number of nitrogens with one attached hydrogen (secondary N) is 2. The summed E-state index contributed by atoms with van der Waals surface area (Å²) in [4.78, 5) is 5.64. The average molecular weight is 229 g/mol. The zero-order valence-corrected chi connectivity index (χ0v) is 9.72. The van der Waals surface area contributed by atoms with Crippen LogP contribution in [0.15, 0.2) is 4.99 Å². The van der Waals surface area contributed by atoms with Gasteiger partial charge in [0.2, 0.25) is 5.29 Å². The third-order valence-electron chi connectivity index (χ3n) is 3.03. The maximum absolute atomic E-state index is 7.55. The summed E-state index contributed by atoms with van der Waals surface area (Å²) in [5.41, 5.74) is -0.214. The Bertz CT molecular complexity index is 269. The molecule has 2 N–H and O–H groups in total. The van der Waals surface area contributed by atoms with Crippen LogP contribution in [0.3, 0.4) is 0 Å². The van der Waals surface area contributed by atoms with Crippen molar-refractivity contribution in [3.63, 3.8) is 0 Å². The minimum absolute atomic E-state index is 0.214. The van der Waals surface area contributed by atoms with E-state index in [4.69, 9.17) is 22.4 Å². The van der Waals surface area contributed by atoms with E-state index in [0.29, 0.717) is 0 Å². The molecule has 0 amide bonds. The maximum Gasteiger partial charge on any atom is 0.216 e. The molecule has 0 saturated heterocycles. The maximum atomic E-state index is 7.55. The highest BCUT2D eigenvalue weighted by atomic mass is 35.5. The first-order chi connectivity index (χ1) is 7.10. The lowest BCUT2D eigenvalue weighted by Crippen LogP contribution is -2.48. The van der Waals surface area contributed by atoms with E-state index in [9.17, 15) is 0 Å². The molecule has 15 heavy (non-hydrogen) atoms. The third kappa shape index (κ3) is 3.02. The van der Waals surface area contributed by atoms with Gasteiger partial charge in [0, 0.05) is 13.3 Å². The molecular weight excluding hydrogens is 212 g/mol. The number of hydrogen-bond donors (Lipinski definition) is 2. The molecule has 84 valence electrons. The molecule has 0 spiro atoms. The topological polar surface area (TPSA) is 63.3 Å². The Balaban J connectivity index is 2.71. The van der Waals surface area contributed by atoms with E-state index in [1.165, 1.54) is 12.6 Å². The third-order valence-corrected chi connectivity index (χ3v) is 3.13. The van der Waals surface area contributed by atoms with Crippen molar-refractivity contribution in [2.24, 2.45) is 4.99 Å². The van der Waals surface area contributed by atoms with E-state index in [0.717, 1.165) is 25.7 Å². The first-order valence-corrected chi connectivity index (χ1v) is 5.51. The zero-order valence-electron chi connectivity index (χ0n) is 8.96. The Kier molecular flexibility index (Phi) is 4.27. The smallest absolute Gasteiger partial charge is 0.216 e. The molecule has 1 aliphatic carbocycles. The van der Waals surface area contributed by atoms with Gasteiger partial charge in [-0.25, -0.2) is 4.99 Å². The first kappa shape index (κ1) is 12.2. The highest BCUT2D eigenvalue weighted by molar-refractivity contribution is 6.64. The number of nitrogens with zero attached hydrogens (tertiary/aromatic N) is 2. The summed E-state index contributed by atoms with van der Waals surface area (Å²) in [7, 11) is 1.89. The van der Waals surface area contributed by atoms with Crippen LogP contribution < -0.4 is 0 Å². The molecule has 0 radical (unpaired) electrons. The molecule has 0 aromatic heterocycles. The second-order valence-electron chi connectivity index (χ2n) is 3.95. The Labute approximate surface area is 95.3 Å². The van der Waals surface area contributed by atoms with Crippen LogP contribution in [0.25, 0.3) is 0 Å². The molecule has 0 heterocycles. The van der Waals surface area contributed by atoms with Gasteiger partial charge in [0.1, 0.15) is 0 Å². The SMILES string of the molecule is CN(C=NC(=N)Cl)C1(C=N)CCCCC1. The van der Waals surface area contributed by atoms with Crippen LogP contribution in [0.4, 0.5) is 0 Å². The van der Waals surface area contributed by atoms with Crippen molar-refractivity contribution in [3.05, 3.63) is 0 Å². The van der Waals surface area contributed by atoms with Crippen molar-refractivity contribution >= 4 is 29.4 Å². The van der Waals surface area contributed by atoms with Gasteiger partial charge in [0.05, 0.1) is 11.9 Å². The van der Waals surface area contributed by atoms with Gasteiger partial charge in [-0.15, -0.1) is 0 Å². The highest BCUT2D eigenvalue weighted by Crippen LogP contribution is 2.30. The van der Waals surface area contributed by atoms with Crippen molar-refractivity contribution in [3.8, 4) is 0 Å². The quantitative estimate of drug-likeness (QED) is 0.435. The number of amidine groups is 1. The van der Waals surface area contributed by atoms with Crippen LogP contribution in [-0.2, 0) is 0 Å². The molecule has 0 atom stereocenters. The summed E-state index contributed by atoms with van der Waals surface area (Å²) in [6, 6.07) is 0. The Morgan fingerprint density at radius 2 is 2.00 bits per heavy atom. The Morgan fingerprint density at radius 1 is 1.40 bits per heavy atom. The Hall–Kier alpha value is -0.900. The van der Waals surface area contributed by atoms with Crippen LogP contribution in [-0.4, -0.2) is 35.3 Å². The second kappa shape index (κ2) is 5.26. The number of halogens is 1. The molecule has 1 aliphatic rings. The molecule has 1 saturated carbocycles. The van der Waals surface area contributed by atoms with Gasteiger partial charge in [-0.1, -0.05) is 19.3 Å². The van der Waals surface area contributed by atoms with Gasteiger partial charge < -0.3 is 10.3 Å². The van der Waals surface area contributed by atoms with Crippen molar-refractivity contribution in [2.75, 3.05) is 7.05 Å². The van der Waals surface area contributed by atoms with Crippen LogP contribution >= 0.6 is 11.6 Å². The number of hydrogen-bond acceptors (Lipinski definition) is 2. The molecule has 0 aromatic carbocycles. The van der Waals surface area contributed by atoms with Gasteiger partial charge >= 0.3 is 0 Å². The molecule has 0 bridgehead atoms. The van der Waals surface area contributed by atoms with Crippen molar-refractivity contribution in [1.82, 2.24) is 4.90 Å². The van der Waals surface area contributed by atoms with Crippen molar-refractivity contribution in [2.45, 2.75) is 37.6 Å². The van der Waals surface area contributed by atoms with Gasteiger partial charge in [-0.3, -0.25) is 5.41 Å². The van der Waals surface area contributed by atoms with Gasteiger partial charge in [0.25, 0.3) is 0 Å². The fourth-order valence-corrected chi connectivity index (χ4v) is 2.06. The van der Waals surface area contributed by atoms with Crippen LogP contribution in [0, 0.1) is 10.8 Å². The normalized spacial score (nSPS) is 20.1. The van der Waals surface area contributed by atoms with Gasteiger partial charge in [-0.05, 0) is 24.4 Å². The van der Waals surface area contributed by atoms with E-state index in [-0.39, 0.29) is 10.8 Å². The standard InChI is InChI=1S/C10H17ClN4/c1-15(8-14-9(11)13)10(7-12)5-3-2-4-6-10/h7-8,12-13H,2-6H2,1H3.